The number of fused-ring (bicyclic) bond motifs is 1. The number of aryl methyl sites for hydroxylation is 1. The summed E-state index contributed by atoms with van der Waals surface area (Å²) < 4.78 is 7.47. The van der Waals surface area contributed by atoms with E-state index in [9.17, 15) is 4.79 Å². The summed E-state index contributed by atoms with van der Waals surface area (Å²) in [5.74, 6) is 1.26. The second kappa shape index (κ2) is 7.38. The van der Waals surface area contributed by atoms with Gasteiger partial charge in [-0.25, -0.2) is 4.98 Å². The number of benzene rings is 2. The lowest BCUT2D eigenvalue weighted by molar-refractivity contribution is 0.0934. The fourth-order valence-corrected chi connectivity index (χ4v) is 3.05. The topological polar surface area (TPSA) is 56.2 Å². The van der Waals surface area contributed by atoms with Crippen LogP contribution in [0.15, 0.2) is 48.5 Å². The van der Waals surface area contributed by atoms with E-state index in [0.717, 1.165) is 29.8 Å². The van der Waals surface area contributed by atoms with Gasteiger partial charge in [-0.15, -0.1) is 0 Å². The molecule has 25 heavy (non-hydrogen) atoms. The summed E-state index contributed by atoms with van der Waals surface area (Å²) in [6.07, 6.45) is 1.00. The Hall–Kier alpha value is -2.82. The Balaban J connectivity index is 1.90. The van der Waals surface area contributed by atoms with Crippen molar-refractivity contribution in [2.75, 3.05) is 7.11 Å². The smallest absolute Gasteiger partial charge is 0.255 e. The molecule has 1 N–H and O–H groups in total. The molecule has 0 aliphatic heterocycles. The van der Waals surface area contributed by atoms with E-state index < -0.39 is 0 Å². The van der Waals surface area contributed by atoms with Crippen molar-refractivity contribution in [3.05, 3.63) is 59.9 Å². The number of amides is 1. The quantitative estimate of drug-likeness (QED) is 0.741. The molecule has 5 nitrogen and oxygen atoms in total. The van der Waals surface area contributed by atoms with Crippen LogP contribution in [0.2, 0.25) is 0 Å². The maximum absolute atomic E-state index is 12.7. The molecule has 0 radical (unpaired) electrons. The van der Waals surface area contributed by atoms with Gasteiger partial charge in [0.2, 0.25) is 0 Å². The van der Waals surface area contributed by atoms with Gasteiger partial charge in [-0.3, -0.25) is 4.79 Å². The van der Waals surface area contributed by atoms with Crippen molar-refractivity contribution in [2.24, 2.45) is 0 Å². The van der Waals surface area contributed by atoms with Crippen LogP contribution in [0.4, 0.5) is 0 Å². The van der Waals surface area contributed by atoms with Crippen LogP contribution in [-0.2, 0) is 6.54 Å². The van der Waals surface area contributed by atoms with Crippen LogP contribution in [-0.4, -0.2) is 22.6 Å². The van der Waals surface area contributed by atoms with Crippen LogP contribution in [0.5, 0.6) is 5.75 Å². The van der Waals surface area contributed by atoms with Crippen molar-refractivity contribution < 1.29 is 9.53 Å². The molecule has 0 fully saturated rings. The van der Waals surface area contributed by atoms with E-state index in [1.54, 1.807) is 19.2 Å². The van der Waals surface area contributed by atoms with Crippen LogP contribution in [0, 0.1) is 0 Å². The molecule has 1 amide bonds. The Bertz CT molecular complexity index is 886. The highest BCUT2D eigenvalue weighted by atomic mass is 16.5. The molecule has 3 rings (SSSR count). The number of hydrogen-bond donors (Lipinski definition) is 1. The number of aromatic nitrogens is 2. The highest BCUT2D eigenvalue weighted by Crippen LogP contribution is 2.23. The second-order valence-corrected chi connectivity index (χ2v) is 6.01. The monoisotopic (exact) mass is 337 g/mol. The van der Waals surface area contributed by atoms with E-state index in [-0.39, 0.29) is 11.9 Å². The Morgan fingerprint density at radius 2 is 1.92 bits per heavy atom. The van der Waals surface area contributed by atoms with Gasteiger partial charge in [0, 0.05) is 6.54 Å². The number of imidazole rings is 1. The number of rotatable bonds is 6. The van der Waals surface area contributed by atoms with Crippen molar-refractivity contribution >= 4 is 16.9 Å². The molecule has 0 spiro atoms. The zero-order valence-corrected chi connectivity index (χ0v) is 14.8. The zero-order chi connectivity index (χ0) is 17.8. The van der Waals surface area contributed by atoms with Crippen molar-refractivity contribution in [1.29, 1.82) is 0 Å². The molecular formula is C20H23N3O2. The molecule has 1 atom stereocenters. The van der Waals surface area contributed by atoms with Crippen LogP contribution < -0.4 is 10.1 Å². The number of methoxy groups -OCH3 is 1. The molecular weight excluding hydrogens is 314 g/mol. The lowest BCUT2D eigenvalue weighted by atomic mass is 10.1. The minimum atomic E-state index is -0.212. The molecule has 0 bridgehead atoms. The number of nitrogens with one attached hydrogen (secondary N) is 1. The van der Waals surface area contributed by atoms with E-state index in [1.165, 1.54) is 0 Å². The summed E-state index contributed by atoms with van der Waals surface area (Å²) in [6.45, 7) is 4.96. The molecule has 5 heteroatoms. The molecule has 0 unspecified atom stereocenters. The number of para-hydroxylation sites is 3. The SMILES string of the molecule is CCCn1c([C@H](C)NC(=O)c2ccccc2OC)nc2ccccc21. The summed E-state index contributed by atoms with van der Waals surface area (Å²) in [6, 6.07) is 15.1. The molecule has 0 aliphatic carbocycles. The first-order valence-corrected chi connectivity index (χ1v) is 8.54. The van der Waals surface area contributed by atoms with E-state index in [0.29, 0.717) is 11.3 Å². The molecule has 3 aromatic rings. The molecule has 130 valence electrons. The third kappa shape index (κ3) is 3.36. The van der Waals surface area contributed by atoms with Gasteiger partial charge < -0.3 is 14.6 Å². The number of carbonyl (C=O) groups is 1. The molecule has 0 aliphatic rings. The van der Waals surface area contributed by atoms with Crippen LogP contribution >= 0.6 is 0 Å². The van der Waals surface area contributed by atoms with Gasteiger partial charge in [0.1, 0.15) is 11.6 Å². The lowest BCUT2D eigenvalue weighted by Crippen LogP contribution is -2.29. The predicted molar refractivity (Wildman–Crippen MR) is 98.9 cm³/mol. The van der Waals surface area contributed by atoms with E-state index in [2.05, 4.69) is 22.9 Å². The van der Waals surface area contributed by atoms with Gasteiger partial charge in [-0.1, -0.05) is 31.2 Å². The Morgan fingerprint density at radius 3 is 2.68 bits per heavy atom. The first-order chi connectivity index (χ1) is 12.2. The van der Waals surface area contributed by atoms with E-state index in [4.69, 9.17) is 9.72 Å². The molecule has 0 saturated carbocycles. The summed E-state index contributed by atoms with van der Waals surface area (Å²) in [5, 5.41) is 3.04. The molecule has 1 aromatic heterocycles. The molecule has 1 heterocycles. The highest BCUT2D eigenvalue weighted by molar-refractivity contribution is 5.97. The predicted octanol–water partition coefficient (Wildman–Crippen LogP) is 3.95. The molecule has 0 saturated heterocycles. The summed E-state index contributed by atoms with van der Waals surface area (Å²) >= 11 is 0. The average Bonchev–Trinajstić information content (AvgIpc) is 3.01. The maximum Gasteiger partial charge on any atom is 0.255 e. The Labute approximate surface area is 147 Å². The van der Waals surface area contributed by atoms with Gasteiger partial charge in [0.05, 0.1) is 29.7 Å². The van der Waals surface area contributed by atoms with Crippen molar-refractivity contribution in [3.8, 4) is 5.75 Å². The van der Waals surface area contributed by atoms with E-state index >= 15 is 0 Å². The van der Waals surface area contributed by atoms with Gasteiger partial charge >= 0.3 is 0 Å². The van der Waals surface area contributed by atoms with Gasteiger partial charge in [0.15, 0.2) is 0 Å². The fourth-order valence-electron chi connectivity index (χ4n) is 3.05. The summed E-state index contributed by atoms with van der Waals surface area (Å²) in [5.41, 5.74) is 2.57. The minimum absolute atomic E-state index is 0.167. The number of carbonyl (C=O) groups excluding carboxylic acids is 1. The third-order valence-electron chi connectivity index (χ3n) is 4.22. The second-order valence-electron chi connectivity index (χ2n) is 6.01. The zero-order valence-electron chi connectivity index (χ0n) is 14.8. The van der Waals surface area contributed by atoms with E-state index in [1.807, 2.05) is 37.3 Å². The molecule has 2 aromatic carbocycles. The largest absolute Gasteiger partial charge is 0.496 e. The van der Waals surface area contributed by atoms with Crippen LogP contribution in [0.1, 0.15) is 42.5 Å². The van der Waals surface area contributed by atoms with Crippen LogP contribution in [0.25, 0.3) is 11.0 Å². The Kier molecular flexibility index (Phi) is 5.03. The van der Waals surface area contributed by atoms with Gasteiger partial charge in [-0.2, -0.15) is 0 Å². The fraction of sp³-hybridized carbons (Fsp3) is 0.300. The number of nitrogens with zero attached hydrogens (tertiary/aromatic N) is 2. The van der Waals surface area contributed by atoms with Crippen LogP contribution in [0.3, 0.4) is 0 Å². The van der Waals surface area contributed by atoms with Crippen molar-refractivity contribution in [1.82, 2.24) is 14.9 Å². The van der Waals surface area contributed by atoms with Crippen molar-refractivity contribution in [2.45, 2.75) is 32.9 Å². The lowest BCUT2D eigenvalue weighted by Gasteiger charge is -2.17. The number of hydrogen-bond acceptors (Lipinski definition) is 3. The standard InChI is InChI=1S/C20H23N3O2/c1-4-13-23-17-11-7-6-10-16(17)22-19(23)14(2)21-20(24)15-9-5-8-12-18(15)25-3/h5-12,14H,4,13H2,1-3H3,(H,21,24)/t14-/m0/s1. The summed E-state index contributed by atoms with van der Waals surface area (Å²) in [7, 11) is 1.57. The first kappa shape index (κ1) is 17.0. The van der Waals surface area contributed by atoms with Gasteiger partial charge in [0.25, 0.3) is 5.91 Å². The minimum Gasteiger partial charge on any atom is -0.496 e. The summed E-state index contributed by atoms with van der Waals surface area (Å²) in [4.78, 5) is 17.4. The maximum atomic E-state index is 12.7. The third-order valence-corrected chi connectivity index (χ3v) is 4.22. The highest BCUT2D eigenvalue weighted by Gasteiger charge is 2.20. The Morgan fingerprint density at radius 1 is 1.20 bits per heavy atom. The normalized spacial score (nSPS) is 12.1. The van der Waals surface area contributed by atoms with Crippen molar-refractivity contribution in [3.63, 3.8) is 0 Å². The first-order valence-electron chi connectivity index (χ1n) is 8.54. The number of ether oxygens (including phenoxy) is 1. The van der Waals surface area contributed by atoms with Gasteiger partial charge in [-0.05, 0) is 37.6 Å². The average molecular weight is 337 g/mol.